The molecule has 4 amide bonds. The van der Waals surface area contributed by atoms with Gasteiger partial charge in [-0.2, -0.15) is 0 Å². The van der Waals surface area contributed by atoms with E-state index in [4.69, 9.17) is 10.5 Å². The fourth-order valence-electron chi connectivity index (χ4n) is 5.38. The zero-order chi connectivity index (χ0) is 27.2. The molecule has 4 N–H and O–H groups in total. The maximum absolute atomic E-state index is 13.8. The lowest BCUT2D eigenvalue weighted by molar-refractivity contribution is -0.145. The molecular formula is C26H42N4O6. The van der Waals surface area contributed by atoms with Gasteiger partial charge in [0, 0.05) is 6.54 Å². The SMILES string of the molecule is CC(C)COC(=O)NC(C(=O)N1CC2C(C1C(=O)NC(CC1CC1)C(=O)C(N)=O)C2(C)C)C(C)(C)C. The van der Waals surface area contributed by atoms with Crippen LogP contribution in [0.4, 0.5) is 4.79 Å². The molecule has 0 aromatic rings. The minimum absolute atomic E-state index is 0.0831. The van der Waals surface area contributed by atoms with Crippen LogP contribution in [0.2, 0.25) is 0 Å². The maximum Gasteiger partial charge on any atom is 0.407 e. The summed E-state index contributed by atoms with van der Waals surface area (Å²) >= 11 is 0. The van der Waals surface area contributed by atoms with Crippen LogP contribution in [0, 0.1) is 34.5 Å². The van der Waals surface area contributed by atoms with Crippen molar-refractivity contribution in [1.82, 2.24) is 15.5 Å². The van der Waals surface area contributed by atoms with E-state index in [-0.39, 0.29) is 41.6 Å². The van der Waals surface area contributed by atoms with Crippen molar-refractivity contribution < 1.29 is 28.7 Å². The number of carbonyl (C=O) groups is 5. The first kappa shape index (κ1) is 27.9. The normalized spacial score (nSPS) is 26.0. The molecule has 36 heavy (non-hydrogen) atoms. The second-order valence-corrected chi connectivity index (χ2v) is 12.8. The Bertz CT molecular complexity index is 920. The van der Waals surface area contributed by atoms with E-state index in [1.54, 1.807) is 0 Å². The van der Waals surface area contributed by atoms with E-state index in [2.05, 4.69) is 24.5 Å². The third-order valence-corrected chi connectivity index (χ3v) is 7.82. The van der Waals surface area contributed by atoms with Crippen LogP contribution in [0.25, 0.3) is 0 Å². The summed E-state index contributed by atoms with van der Waals surface area (Å²) in [6, 6.07) is -2.72. The first-order valence-corrected chi connectivity index (χ1v) is 12.9. The number of primary amides is 1. The molecule has 5 atom stereocenters. The first-order chi connectivity index (χ1) is 16.6. The molecule has 202 valence electrons. The van der Waals surface area contributed by atoms with Crippen LogP contribution in [-0.2, 0) is 23.9 Å². The summed E-state index contributed by atoms with van der Waals surface area (Å²) in [6.45, 7) is 14.1. The molecule has 3 fully saturated rings. The highest BCUT2D eigenvalue weighted by Crippen LogP contribution is 2.65. The first-order valence-electron chi connectivity index (χ1n) is 12.9. The number of likely N-dealkylation sites (tertiary alicyclic amines) is 1. The lowest BCUT2D eigenvalue weighted by Gasteiger charge is -2.37. The van der Waals surface area contributed by atoms with Gasteiger partial charge in [0.1, 0.15) is 12.1 Å². The molecule has 2 aliphatic carbocycles. The molecule has 1 saturated heterocycles. The monoisotopic (exact) mass is 506 g/mol. The van der Waals surface area contributed by atoms with Gasteiger partial charge in [0.25, 0.3) is 5.91 Å². The molecule has 0 aromatic carbocycles. The second kappa shape index (κ2) is 10.0. The molecular weight excluding hydrogens is 464 g/mol. The number of ether oxygens (including phenoxy) is 1. The number of rotatable bonds is 10. The number of nitrogens with two attached hydrogens (primary N) is 1. The third kappa shape index (κ3) is 6.00. The van der Waals surface area contributed by atoms with Gasteiger partial charge >= 0.3 is 6.09 Å². The third-order valence-electron chi connectivity index (χ3n) is 7.82. The number of fused-ring (bicyclic) bond motifs is 1. The Balaban J connectivity index is 1.81. The van der Waals surface area contributed by atoms with Gasteiger partial charge in [-0.15, -0.1) is 0 Å². The van der Waals surface area contributed by atoms with Gasteiger partial charge in [-0.05, 0) is 40.9 Å². The van der Waals surface area contributed by atoms with Crippen LogP contribution in [0.3, 0.4) is 0 Å². The van der Waals surface area contributed by atoms with Crippen LogP contribution in [0.1, 0.15) is 67.7 Å². The molecule has 0 bridgehead atoms. The Labute approximate surface area is 213 Å². The van der Waals surface area contributed by atoms with E-state index in [9.17, 15) is 24.0 Å². The Morgan fingerprint density at radius 3 is 2.19 bits per heavy atom. The number of ketones is 1. The smallest absolute Gasteiger partial charge is 0.407 e. The molecule has 1 aliphatic heterocycles. The molecule has 10 heteroatoms. The summed E-state index contributed by atoms with van der Waals surface area (Å²) in [4.78, 5) is 65.4. The van der Waals surface area contributed by atoms with E-state index < -0.39 is 47.2 Å². The van der Waals surface area contributed by atoms with Gasteiger partial charge in [-0.25, -0.2) is 4.79 Å². The summed E-state index contributed by atoms with van der Waals surface area (Å²) in [6.07, 6.45) is 1.56. The average molecular weight is 507 g/mol. The Morgan fingerprint density at radius 2 is 1.69 bits per heavy atom. The number of Topliss-reactive ketones (excluding diaryl/α,β-unsaturated/α-hetero) is 1. The molecule has 5 unspecified atom stereocenters. The lowest BCUT2D eigenvalue weighted by Crippen LogP contribution is -2.60. The van der Waals surface area contributed by atoms with Gasteiger partial charge < -0.3 is 26.0 Å². The van der Waals surface area contributed by atoms with Gasteiger partial charge in [-0.1, -0.05) is 61.3 Å². The summed E-state index contributed by atoms with van der Waals surface area (Å²) in [5, 5.41) is 5.45. The molecule has 3 aliphatic rings. The average Bonchev–Trinajstić information content (AvgIpc) is 3.61. The summed E-state index contributed by atoms with van der Waals surface area (Å²) in [5.41, 5.74) is 4.45. The van der Waals surface area contributed by atoms with Crippen molar-refractivity contribution in [1.29, 1.82) is 0 Å². The highest BCUT2D eigenvalue weighted by Gasteiger charge is 2.70. The van der Waals surface area contributed by atoms with Crippen LogP contribution in [-0.4, -0.2) is 65.8 Å². The Morgan fingerprint density at radius 1 is 1.08 bits per heavy atom. The Hall–Kier alpha value is -2.65. The number of carbonyl (C=O) groups excluding carboxylic acids is 5. The van der Waals surface area contributed by atoms with Crippen LogP contribution >= 0.6 is 0 Å². The van der Waals surface area contributed by atoms with Crippen molar-refractivity contribution >= 4 is 29.6 Å². The van der Waals surface area contributed by atoms with Crippen molar-refractivity contribution in [2.75, 3.05) is 13.2 Å². The highest BCUT2D eigenvalue weighted by molar-refractivity contribution is 6.37. The summed E-state index contributed by atoms with van der Waals surface area (Å²) < 4.78 is 5.24. The van der Waals surface area contributed by atoms with E-state index in [0.717, 1.165) is 12.8 Å². The molecule has 0 aromatic heterocycles. The van der Waals surface area contributed by atoms with Crippen molar-refractivity contribution in [2.45, 2.75) is 85.9 Å². The quantitative estimate of drug-likeness (QED) is 0.383. The van der Waals surface area contributed by atoms with Gasteiger partial charge in [-0.3, -0.25) is 19.2 Å². The molecule has 2 saturated carbocycles. The number of alkyl carbamates (subject to hydrolysis) is 1. The highest BCUT2D eigenvalue weighted by atomic mass is 16.5. The van der Waals surface area contributed by atoms with Crippen LogP contribution < -0.4 is 16.4 Å². The maximum atomic E-state index is 13.8. The number of hydrogen-bond acceptors (Lipinski definition) is 6. The van der Waals surface area contributed by atoms with Crippen molar-refractivity contribution in [3.05, 3.63) is 0 Å². The minimum Gasteiger partial charge on any atom is -0.449 e. The summed E-state index contributed by atoms with van der Waals surface area (Å²) in [5.74, 6) is -2.27. The van der Waals surface area contributed by atoms with E-state index >= 15 is 0 Å². The molecule has 1 heterocycles. The van der Waals surface area contributed by atoms with Crippen LogP contribution in [0.15, 0.2) is 0 Å². The number of hydrogen-bond donors (Lipinski definition) is 3. The van der Waals surface area contributed by atoms with Crippen molar-refractivity contribution in [2.24, 2.45) is 40.2 Å². The number of nitrogens with zero attached hydrogens (tertiary/aromatic N) is 1. The van der Waals surface area contributed by atoms with Gasteiger partial charge in [0.15, 0.2) is 0 Å². The minimum atomic E-state index is -1.08. The topological polar surface area (TPSA) is 148 Å². The number of piperidine rings is 1. The predicted molar refractivity (Wildman–Crippen MR) is 132 cm³/mol. The largest absolute Gasteiger partial charge is 0.449 e. The van der Waals surface area contributed by atoms with Gasteiger partial charge in [0.05, 0.1) is 12.6 Å². The van der Waals surface area contributed by atoms with Gasteiger partial charge in [0.2, 0.25) is 17.6 Å². The number of nitrogens with one attached hydrogen (secondary N) is 2. The Kier molecular flexibility index (Phi) is 7.77. The standard InChI is InChI=1S/C26H42N4O6/c1-13(2)12-36-24(35)29-20(25(3,4)5)23(34)30-11-15-17(26(15,6)7)18(30)22(33)28-16(10-14-8-9-14)19(31)21(27)32/h13-18,20H,8-12H2,1-7H3,(H2,27,32)(H,28,33)(H,29,35). The zero-order valence-corrected chi connectivity index (χ0v) is 22.6. The predicted octanol–water partition coefficient (Wildman–Crippen LogP) is 1.61. The van der Waals surface area contributed by atoms with E-state index in [1.165, 1.54) is 4.90 Å². The molecule has 3 rings (SSSR count). The van der Waals surface area contributed by atoms with Crippen LogP contribution in [0.5, 0.6) is 0 Å². The fraction of sp³-hybridized carbons (Fsp3) is 0.808. The van der Waals surface area contributed by atoms with E-state index in [0.29, 0.717) is 13.0 Å². The summed E-state index contributed by atoms with van der Waals surface area (Å²) in [7, 11) is 0. The second-order valence-electron chi connectivity index (χ2n) is 12.8. The lowest BCUT2D eigenvalue weighted by atomic mass is 9.85. The molecule has 10 nitrogen and oxygen atoms in total. The number of amides is 4. The van der Waals surface area contributed by atoms with E-state index in [1.807, 2.05) is 34.6 Å². The molecule has 0 radical (unpaired) electrons. The van der Waals surface area contributed by atoms with Crippen molar-refractivity contribution in [3.63, 3.8) is 0 Å². The van der Waals surface area contributed by atoms with Crippen molar-refractivity contribution in [3.8, 4) is 0 Å². The fourth-order valence-corrected chi connectivity index (χ4v) is 5.38. The molecule has 0 spiro atoms. The zero-order valence-electron chi connectivity index (χ0n) is 22.6.